The van der Waals surface area contributed by atoms with Gasteiger partial charge < -0.3 is 10.6 Å². The quantitative estimate of drug-likeness (QED) is 0.630. The van der Waals surface area contributed by atoms with Crippen LogP contribution < -0.4 is 10.6 Å². The van der Waals surface area contributed by atoms with Gasteiger partial charge in [0.05, 0.1) is 6.04 Å². The van der Waals surface area contributed by atoms with Crippen LogP contribution >= 0.6 is 0 Å². The molecule has 0 aromatic rings. The molecule has 2 fully saturated rings. The molecule has 1 amide bonds. The van der Waals surface area contributed by atoms with Crippen LogP contribution in [0.1, 0.15) is 32.6 Å². The molecule has 0 aliphatic heterocycles. The van der Waals surface area contributed by atoms with Gasteiger partial charge in [-0.3, -0.25) is 4.79 Å². The van der Waals surface area contributed by atoms with Crippen molar-refractivity contribution in [1.29, 1.82) is 0 Å². The molecular formula is C14H24N2O. The van der Waals surface area contributed by atoms with Gasteiger partial charge in [-0.2, -0.15) is 0 Å². The Labute approximate surface area is 104 Å². The van der Waals surface area contributed by atoms with Crippen molar-refractivity contribution in [3.05, 3.63) is 12.7 Å². The lowest BCUT2D eigenvalue weighted by molar-refractivity contribution is -0.122. The van der Waals surface area contributed by atoms with E-state index in [1.807, 2.05) is 6.92 Å². The number of hydrogen-bond donors (Lipinski definition) is 2. The Hall–Kier alpha value is -0.830. The standard InChI is InChI=1S/C14H24N2O/c1-3-8-15-14(17)10(2)16-9-13(11-4-5-11)12-6-7-12/h3,10-13,16H,1,4-9H2,2H3,(H,15,17). The Balaban J connectivity index is 1.68. The summed E-state index contributed by atoms with van der Waals surface area (Å²) in [6.07, 6.45) is 7.32. The van der Waals surface area contributed by atoms with Gasteiger partial charge in [0.15, 0.2) is 0 Å². The van der Waals surface area contributed by atoms with Gasteiger partial charge in [-0.25, -0.2) is 0 Å². The summed E-state index contributed by atoms with van der Waals surface area (Å²) in [7, 11) is 0. The first-order valence-corrected chi connectivity index (χ1v) is 6.84. The minimum absolute atomic E-state index is 0.0789. The van der Waals surface area contributed by atoms with Gasteiger partial charge in [0.2, 0.25) is 5.91 Å². The Morgan fingerprint density at radius 1 is 1.35 bits per heavy atom. The molecular weight excluding hydrogens is 212 g/mol. The molecule has 2 aliphatic rings. The number of nitrogens with one attached hydrogen (secondary N) is 2. The normalized spacial score (nSPS) is 21.3. The first kappa shape index (κ1) is 12.6. The molecule has 17 heavy (non-hydrogen) atoms. The number of hydrogen-bond acceptors (Lipinski definition) is 2. The van der Waals surface area contributed by atoms with E-state index in [4.69, 9.17) is 0 Å². The van der Waals surface area contributed by atoms with Crippen LogP contribution in [0, 0.1) is 17.8 Å². The topological polar surface area (TPSA) is 41.1 Å². The van der Waals surface area contributed by atoms with E-state index >= 15 is 0 Å². The van der Waals surface area contributed by atoms with Crippen molar-refractivity contribution in [1.82, 2.24) is 10.6 Å². The highest BCUT2D eigenvalue weighted by Gasteiger charge is 2.41. The highest BCUT2D eigenvalue weighted by Crippen LogP contribution is 2.48. The summed E-state index contributed by atoms with van der Waals surface area (Å²) in [4.78, 5) is 11.7. The lowest BCUT2D eigenvalue weighted by Crippen LogP contribution is -2.44. The minimum atomic E-state index is -0.0880. The largest absolute Gasteiger partial charge is 0.351 e. The molecule has 0 spiro atoms. The van der Waals surface area contributed by atoms with Crippen molar-refractivity contribution in [3.8, 4) is 0 Å². The predicted octanol–water partition coefficient (Wildman–Crippen LogP) is 1.70. The molecule has 0 saturated heterocycles. The average molecular weight is 236 g/mol. The van der Waals surface area contributed by atoms with Crippen molar-refractivity contribution in [2.45, 2.75) is 38.6 Å². The Bertz CT molecular complexity index is 270. The summed E-state index contributed by atoms with van der Waals surface area (Å²) in [5.74, 6) is 2.79. The van der Waals surface area contributed by atoms with E-state index in [1.165, 1.54) is 25.7 Å². The first-order chi connectivity index (χ1) is 8.22. The van der Waals surface area contributed by atoms with Gasteiger partial charge in [-0.1, -0.05) is 6.08 Å². The Morgan fingerprint density at radius 3 is 2.41 bits per heavy atom. The van der Waals surface area contributed by atoms with Gasteiger partial charge in [0, 0.05) is 6.54 Å². The first-order valence-electron chi connectivity index (χ1n) is 6.84. The van der Waals surface area contributed by atoms with Gasteiger partial charge in [0.25, 0.3) is 0 Å². The zero-order valence-corrected chi connectivity index (χ0v) is 10.7. The maximum atomic E-state index is 11.7. The summed E-state index contributed by atoms with van der Waals surface area (Å²) in [5.41, 5.74) is 0. The van der Waals surface area contributed by atoms with E-state index in [-0.39, 0.29) is 11.9 Å². The number of rotatable bonds is 8. The van der Waals surface area contributed by atoms with E-state index < -0.39 is 0 Å². The smallest absolute Gasteiger partial charge is 0.237 e. The van der Waals surface area contributed by atoms with Crippen molar-refractivity contribution >= 4 is 5.91 Å². The fraction of sp³-hybridized carbons (Fsp3) is 0.786. The molecule has 2 N–H and O–H groups in total. The van der Waals surface area contributed by atoms with Crippen LogP contribution in [0.15, 0.2) is 12.7 Å². The average Bonchev–Trinajstić information content (AvgIpc) is 3.15. The van der Waals surface area contributed by atoms with Crippen LogP contribution in [0.5, 0.6) is 0 Å². The van der Waals surface area contributed by atoms with Crippen LogP contribution in [0.2, 0.25) is 0 Å². The van der Waals surface area contributed by atoms with Crippen LogP contribution in [0.25, 0.3) is 0 Å². The molecule has 2 aliphatic carbocycles. The van der Waals surface area contributed by atoms with Gasteiger partial charge in [0.1, 0.15) is 0 Å². The zero-order chi connectivity index (χ0) is 12.3. The van der Waals surface area contributed by atoms with E-state index in [2.05, 4.69) is 17.2 Å². The highest BCUT2D eigenvalue weighted by atomic mass is 16.2. The molecule has 3 heteroatoms. The molecule has 3 nitrogen and oxygen atoms in total. The van der Waals surface area contributed by atoms with Crippen molar-refractivity contribution in [3.63, 3.8) is 0 Å². The molecule has 0 heterocycles. The lowest BCUT2D eigenvalue weighted by atomic mass is 9.97. The maximum absolute atomic E-state index is 11.7. The highest BCUT2D eigenvalue weighted by molar-refractivity contribution is 5.81. The van der Waals surface area contributed by atoms with Gasteiger partial charge >= 0.3 is 0 Å². The summed E-state index contributed by atoms with van der Waals surface area (Å²) in [5, 5.41) is 6.21. The van der Waals surface area contributed by atoms with E-state index in [0.29, 0.717) is 6.54 Å². The van der Waals surface area contributed by atoms with E-state index in [1.54, 1.807) is 6.08 Å². The lowest BCUT2D eigenvalue weighted by Gasteiger charge is -2.19. The predicted molar refractivity (Wildman–Crippen MR) is 69.6 cm³/mol. The van der Waals surface area contributed by atoms with Crippen molar-refractivity contribution in [2.75, 3.05) is 13.1 Å². The van der Waals surface area contributed by atoms with E-state index in [9.17, 15) is 4.79 Å². The molecule has 0 aromatic carbocycles. The molecule has 96 valence electrons. The third-order valence-electron chi connectivity index (χ3n) is 3.93. The summed E-state index contributed by atoms with van der Waals surface area (Å²) in [6.45, 7) is 7.10. The van der Waals surface area contributed by atoms with Crippen LogP contribution in [-0.4, -0.2) is 25.0 Å². The second-order valence-corrected chi connectivity index (χ2v) is 5.50. The molecule has 2 saturated carbocycles. The summed E-state index contributed by atoms with van der Waals surface area (Å²) in [6, 6.07) is -0.0880. The number of amides is 1. The summed E-state index contributed by atoms with van der Waals surface area (Å²) < 4.78 is 0. The second kappa shape index (κ2) is 5.67. The van der Waals surface area contributed by atoms with Crippen LogP contribution in [0.4, 0.5) is 0 Å². The molecule has 2 rings (SSSR count). The Morgan fingerprint density at radius 2 is 1.94 bits per heavy atom. The second-order valence-electron chi connectivity index (χ2n) is 5.50. The SMILES string of the molecule is C=CCNC(=O)C(C)NCC(C1CC1)C1CC1. The molecule has 1 atom stereocenters. The van der Waals surface area contributed by atoms with Gasteiger partial charge in [-0.15, -0.1) is 6.58 Å². The zero-order valence-electron chi connectivity index (χ0n) is 10.7. The van der Waals surface area contributed by atoms with Crippen molar-refractivity contribution in [2.24, 2.45) is 17.8 Å². The fourth-order valence-electron chi connectivity index (χ4n) is 2.50. The third kappa shape index (κ3) is 3.84. The summed E-state index contributed by atoms with van der Waals surface area (Å²) >= 11 is 0. The molecule has 0 aromatic heterocycles. The monoisotopic (exact) mass is 236 g/mol. The maximum Gasteiger partial charge on any atom is 0.237 e. The molecule has 0 bridgehead atoms. The molecule has 1 unspecified atom stereocenters. The van der Waals surface area contributed by atoms with Gasteiger partial charge in [-0.05, 0) is 56.9 Å². The fourth-order valence-corrected chi connectivity index (χ4v) is 2.50. The van der Waals surface area contributed by atoms with Crippen LogP contribution in [-0.2, 0) is 4.79 Å². The third-order valence-corrected chi connectivity index (χ3v) is 3.93. The van der Waals surface area contributed by atoms with E-state index in [0.717, 1.165) is 24.3 Å². The minimum Gasteiger partial charge on any atom is -0.351 e. The van der Waals surface area contributed by atoms with Crippen molar-refractivity contribution < 1.29 is 4.79 Å². The molecule has 0 radical (unpaired) electrons. The van der Waals surface area contributed by atoms with Crippen LogP contribution in [0.3, 0.4) is 0 Å². The Kier molecular flexibility index (Phi) is 4.21. The number of carbonyl (C=O) groups is 1. The number of carbonyl (C=O) groups excluding carboxylic acids is 1.